The lowest BCUT2D eigenvalue weighted by molar-refractivity contribution is -0.140. The fraction of sp³-hybridized carbons (Fsp3) is 0.800. The van der Waals surface area contributed by atoms with E-state index in [4.69, 9.17) is 15.6 Å². The third kappa shape index (κ3) is 7.19. The first kappa shape index (κ1) is 14.9. The maximum Gasteiger partial charge on any atom is 0.306 e. The van der Waals surface area contributed by atoms with Gasteiger partial charge in [-0.15, -0.1) is 0 Å². The molecule has 94 valence electrons. The van der Waals surface area contributed by atoms with Gasteiger partial charge in [-0.25, -0.2) is 0 Å². The van der Waals surface area contributed by atoms with E-state index in [2.05, 4.69) is 5.32 Å². The molecule has 6 nitrogen and oxygen atoms in total. The van der Waals surface area contributed by atoms with Crippen molar-refractivity contribution < 1.29 is 19.4 Å². The zero-order valence-corrected chi connectivity index (χ0v) is 9.73. The Morgan fingerprint density at radius 1 is 1.44 bits per heavy atom. The van der Waals surface area contributed by atoms with Crippen LogP contribution in [0.3, 0.4) is 0 Å². The summed E-state index contributed by atoms with van der Waals surface area (Å²) in [5.41, 5.74) is 5.39. The molecule has 0 heterocycles. The molecule has 0 radical (unpaired) electrons. The Hall–Kier alpha value is -1.14. The topological polar surface area (TPSA) is 102 Å². The van der Waals surface area contributed by atoms with Crippen LogP contribution < -0.4 is 11.1 Å². The van der Waals surface area contributed by atoms with Gasteiger partial charge in [-0.3, -0.25) is 9.59 Å². The van der Waals surface area contributed by atoms with Gasteiger partial charge in [-0.05, 0) is 12.5 Å². The minimum atomic E-state index is -0.948. The third-order valence-electron chi connectivity index (χ3n) is 2.20. The van der Waals surface area contributed by atoms with Crippen LogP contribution >= 0.6 is 0 Å². The Kier molecular flexibility index (Phi) is 7.49. The van der Waals surface area contributed by atoms with E-state index < -0.39 is 12.1 Å². The van der Waals surface area contributed by atoms with Crippen molar-refractivity contribution in [3.8, 4) is 0 Å². The van der Waals surface area contributed by atoms with Gasteiger partial charge in [0.1, 0.15) is 0 Å². The maximum absolute atomic E-state index is 11.3. The van der Waals surface area contributed by atoms with Crippen molar-refractivity contribution in [2.75, 3.05) is 20.2 Å². The first-order valence-corrected chi connectivity index (χ1v) is 5.21. The number of hydrogen-bond donors (Lipinski definition) is 3. The van der Waals surface area contributed by atoms with E-state index >= 15 is 0 Å². The van der Waals surface area contributed by atoms with Crippen molar-refractivity contribution in [1.82, 2.24) is 5.32 Å². The second-order valence-corrected chi connectivity index (χ2v) is 3.80. The Balaban J connectivity index is 3.83. The van der Waals surface area contributed by atoms with E-state index in [1.54, 1.807) is 0 Å². The van der Waals surface area contributed by atoms with Crippen LogP contribution in [0.2, 0.25) is 0 Å². The van der Waals surface area contributed by atoms with Gasteiger partial charge >= 0.3 is 5.97 Å². The number of carboxylic acid groups (broad SMARTS) is 1. The van der Waals surface area contributed by atoms with Crippen molar-refractivity contribution in [2.24, 2.45) is 11.7 Å². The van der Waals surface area contributed by atoms with Gasteiger partial charge in [0.05, 0.1) is 12.5 Å². The van der Waals surface area contributed by atoms with Crippen LogP contribution in [-0.4, -0.2) is 43.3 Å². The average molecular weight is 232 g/mol. The number of amides is 1. The van der Waals surface area contributed by atoms with Crippen molar-refractivity contribution in [3.05, 3.63) is 0 Å². The molecule has 0 rings (SSSR count). The van der Waals surface area contributed by atoms with Crippen molar-refractivity contribution in [2.45, 2.75) is 25.9 Å². The summed E-state index contributed by atoms with van der Waals surface area (Å²) < 4.78 is 4.92. The summed E-state index contributed by atoms with van der Waals surface area (Å²) in [6, 6.07) is 0. The van der Waals surface area contributed by atoms with Crippen LogP contribution in [0.1, 0.15) is 19.8 Å². The molecule has 4 N–H and O–H groups in total. The van der Waals surface area contributed by atoms with E-state index in [9.17, 15) is 9.59 Å². The number of carboxylic acids is 1. The minimum absolute atomic E-state index is 0.122. The van der Waals surface area contributed by atoms with Crippen molar-refractivity contribution in [3.63, 3.8) is 0 Å². The second-order valence-electron chi connectivity index (χ2n) is 3.80. The summed E-state index contributed by atoms with van der Waals surface area (Å²) >= 11 is 0. The van der Waals surface area contributed by atoms with Gasteiger partial charge in [-0.1, -0.05) is 6.92 Å². The van der Waals surface area contributed by atoms with Crippen molar-refractivity contribution in [1.29, 1.82) is 0 Å². The quantitative estimate of drug-likeness (QED) is 0.527. The molecule has 16 heavy (non-hydrogen) atoms. The number of aliphatic carboxylic acids is 1. The van der Waals surface area contributed by atoms with Crippen LogP contribution in [0.5, 0.6) is 0 Å². The molecular weight excluding hydrogens is 212 g/mol. The summed E-state index contributed by atoms with van der Waals surface area (Å²) in [6.45, 7) is 2.54. The molecule has 0 aliphatic carbocycles. The van der Waals surface area contributed by atoms with Crippen molar-refractivity contribution >= 4 is 11.9 Å². The van der Waals surface area contributed by atoms with Crippen LogP contribution in [0, 0.1) is 5.92 Å². The summed E-state index contributed by atoms with van der Waals surface area (Å²) in [4.78, 5) is 21.8. The summed E-state index contributed by atoms with van der Waals surface area (Å²) in [5, 5.41) is 11.2. The lowest BCUT2D eigenvalue weighted by Gasteiger charge is -2.15. The number of hydrogen-bond acceptors (Lipinski definition) is 4. The van der Waals surface area contributed by atoms with E-state index in [1.807, 2.05) is 6.92 Å². The smallest absolute Gasteiger partial charge is 0.306 e. The SMILES string of the molecule is COC(CNC(=O)CC(C)CN)CC(=O)O. The predicted octanol–water partition coefficient (Wildman–Crippen LogP) is -0.423. The number of methoxy groups -OCH3 is 1. The molecule has 2 atom stereocenters. The fourth-order valence-electron chi connectivity index (χ4n) is 1.13. The highest BCUT2D eigenvalue weighted by Crippen LogP contribution is 1.99. The zero-order valence-electron chi connectivity index (χ0n) is 9.73. The van der Waals surface area contributed by atoms with Crippen LogP contribution in [0.4, 0.5) is 0 Å². The van der Waals surface area contributed by atoms with Crippen LogP contribution in [-0.2, 0) is 14.3 Å². The van der Waals surface area contributed by atoms with E-state index in [0.29, 0.717) is 13.0 Å². The molecule has 0 spiro atoms. The predicted molar refractivity (Wildman–Crippen MR) is 58.9 cm³/mol. The minimum Gasteiger partial charge on any atom is -0.481 e. The van der Waals surface area contributed by atoms with Crippen LogP contribution in [0.25, 0.3) is 0 Å². The highest BCUT2D eigenvalue weighted by atomic mass is 16.5. The lowest BCUT2D eigenvalue weighted by atomic mass is 10.1. The molecule has 0 aliphatic rings. The Bertz CT molecular complexity index is 233. The number of rotatable bonds is 8. The van der Waals surface area contributed by atoms with Gasteiger partial charge in [0.2, 0.25) is 5.91 Å². The Labute approximate surface area is 95.1 Å². The number of nitrogens with one attached hydrogen (secondary N) is 1. The molecule has 1 amide bonds. The molecule has 0 aromatic carbocycles. The van der Waals surface area contributed by atoms with Gasteiger partial charge in [0.25, 0.3) is 0 Å². The third-order valence-corrected chi connectivity index (χ3v) is 2.20. The number of nitrogens with two attached hydrogens (primary N) is 1. The Morgan fingerprint density at radius 3 is 2.50 bits per heavy atom. The number of carbonyl (C=O) groups excluding carboxylic acids is 1. The molecule has 2 unspecified atom stereocenters. The average Bonchev–Trinajstić information content (AvgIpc) is 2.23. The lowest BCUT2D eigenvalue weighted by Crippen LogP contribution is -2.35. The number of carbonyl (C=O) groups is 2. The molecular formula is C10H20N2O4. The Morgan fingerprint density at radius 2 is 2.06 bits per heavy atom. The number of ether oxygens (including phenoxy) is 1. The highest BCUT2D eigenvalue weighted by molar-refractivity contribution is 5.76. The summed E-state index contributed by atoms with van der Waals surface area (Å²) in [7, 11) is 1.42. The van der Waals surface area contributed by atoms with E-state index in [0.717, 1.165) is 0 Å². The molecule has 0 aromatic rings. The van der Waals surface area contributed by atoms with Gasteiger partial charge < -0.3 is 20.9 Å². The van der Waals surface area contributed by atoms with E-state index in [1.165, 1.54) is 7.11 Å². The molecule has 0 bridgehead atoms. The molecule has 0 aromatic heterocycles. The molecule has 6 heteroatoms. The first-order valence-electron chi connectivity index (χ1n) is 5.21. The second kappa shape index (κ2) is 8.06. The fourth-order valence-corrected chi connectivity index (χ4v) is 1.13. The standard InChI is InChI=1S/C10H20N2O4/c1-7(5-11)3-9(13)12-6-8(16-2)4-10(14)15/h7-8H,3-6,11H2,1-2H3,(H,12,13)(H,14,15). The monoisotopic (exact) mass is 232 g/mol. The van der Waals surface area contributed by atoms with Gasteiger partial charge in [-0.2, -0.15) is 0 Å². The molecule has 0 aliphatic heterocycles. The molecule has 0 saturated heterocycles. The summed E-state index contributed by atoms with van der Waals surface area (Å²) in [5.74, 6) is -0.956. The van der Waals surface area contributed by atoms with E-state index in [-0.39, 0.29) is 24.8 Å². The normalized spacial score (nSPS) is 14.2. The van der Waals surface area contributed by atoms with Gasteiger partial charge in [0.15, 0.2) is 0 Å². The highest BCUT2D eigenvalue weighted by Gasteiger charge is 2.14. The molecule has 0 fully saturated rings. The zero-order chi connectivity index (χ0) is 12.6. The van der Waals surface area contributed by atoms with Gasteiger partial charge in [0, 0.05) is 20.1 Å². The van der Waals surface area contributed by atoms with Crippen LogP contribution in [0.15, 0.2) is 0 Å². The first-order chi connectivity index (χ1) is 7.49. The summed E-state index contributed by atoms with van der Waals surface area (Å²) in [6.07, 6.45) is -0.266. The largest absolute Gasteiger partial charge is 0.481 e. The molecule has 0 saturated carbocycles. The maximum atomic E-state index is 11.3.